The molecule has 2 aromatic rings. The fourth-order valence-electron chi connectivity index (χ4n) is 2.61. The molecule has 0 unspecified atom stereocenters. The van der Waals surface area contributed by atoms with Crippen molar-refractivity contribution >= 4 is 34.6 Å². The molecule has 0 fully saturated rings. The number of non-ortho nitro benzene ring substituents is 1. The first kappa shape index (κ1) is 19.9. The molecule has 0 aliphatic carbocycles. The van der Waals surface area contributed by atoms with Crippen LogP contribution in [0.2, 0.25) is 0 Å². The third-order valence-corrected chi connectivity index (χ3v) is 4.13. The van der Waals surface area contributed by atoms with Gasteiger partial charge in [-0.1, -0.05) is 0 Å². The van der Waals surface area contributed by atoms with Crippen molar-refractivity contribution in [2.45, 2.75) is 20.8 Å². The molecule has 0 saturated heterocycles. The molecule has 27 heavy (non-hydrogen) atoms. The number of benzene rings is 2. The highest BCUT2D eigenvalue weighted by molar-refractivity contribution is 6.43. The van der Waals surface area contributed by atoms with Crippen LogP contribution in [0.15, 0.2) is 42.5 Å². The molecule has 2 aromatic carbocycles. The number of hydrogen-bond acceptors (Lipinski definition) is 5. The minimum Gasteiger partial charge on any atom is -0.372 e. The van der Waals surface area contributed by atoms with E-state index < -0.39 is 16.7 Å². The predicted octanol–water partition coefficient (Wildman–Crippen LogP) is 3.33. The van der Waals surface area contributed by atoms with Crippen molar-refractivity contribution in [3.8, 4) is 0 Å². The molecule has 0 saturated carbocycles. The fourth-order valence-corrected chi connectivity index (χ4v) is 2.61. The van der Waals surface area contributed by atoms with Gasteiger partial charge in [0.05, 0.1) is 4.92 Å². The number of hydrogen-bond donors (Lipinski definition) is 2. The quantitative estimate of drug-likeness (QED) is 0.461. The normalized spacial score (nSPS) is 10.2. The number of nitro benzene ring substituents is 1. The maximum atomic E-state index is 12.1. The first-order valence-corrected chi connectivity index (χ1v) is 8.58. The average molecular weight is 370 g/mol. The molecule has 0 aliphatic heterocycles. The summed E-state index contributed by atoms with van der Waals surface area (Å²) in [4.78, 5) is 36.5. The third kappa shape index (κ3) is 5.04. The number of nitrogens with one attached hydrogen (secondary N) is 2. The van der Waals surface area contributed by atoms with Crippen LogP contribution in [0.1, 0.15) is 19.4 Å². The number of rotatable bonds is 6. The number of nitrogens with zero attached hydrogens (tertiary/aromatic N) is 2. The van der Waals surface area contributed by atoms with Crippen molar-refractivity contribution in [2.75, 3.05) is 28.6 Å². The van der Waals surface area contributed by atoms with E-state index in [0.29, 0.717) is 11.4 Å². The Morgan fingerprint density at radius 2 is 1.59 bits per heavy atom. The lowest BCUT2D eigenvalue weighted by Gasteiger charge is -2.22. The molecule has 2 rings (SSSR count). The number of nitro groups is 1. The highest BCUT2D eigenvalue weighted by Crippen LogP contribution is 2.23. The van der Waals surface area contributed by atoms with Crippen molar-refractivity contribution in [2.24, 2.45) is 0 Å². The maximum Gasteiger partial charge on any atom is 0.314 e. The molecule has 0 aromatic heterocycles. The summed E-state index contributed by atoms with van der Waals surface area (Å²) in [5, 5.41) is 15.6. The predicted molar refractivity (Wildman–Crippen MR) is 105 cm³/mol. The van der Waals surface area contributed by atoms with E-state index in [2.05, 4.69) is 29.4 Å². The topological polar surface area (TPSA) is 105 Å². The lowest BCUT2D eigenvalue weighted by molar-refractivity contribution is -0.384. The van der Waals surface area contributed by atoms with E-state index in [4.69, 9.17) is 0 Å². The zero-order valence-corrected chi connectivity index (χ0v) is 15.5. The van der Waals surface area contributed by atoms with Crippen molar-refractivity contribution in [3.05, 3.63) is 58.1 Å². The van der Waals surface area contributed by atoms with Gasteiger partial charge in [0, 0.05) is 42.3 Å². The van der Waals surface area contributed by atoms with Crippen LogP contribution in [0.4, 0.5) is 22.7 Å². The Kier molecular flexibility index (Phi) is 6.48. The summed E-state index contributed by atoms with van der Waals surface area (Å²) in [6, 6.07) is 10.9. The van der Waals surface area contributed by atoms with Gasteiger partial charge in [0.1, 0.15) is 0 Å². The molecule has 0 spiro atoms. The summed E-state index contributed by atoms with van der Waals surface area (Å²) in [6.07, 6.45) is 0. The van der Waals surface area contributed by atoms with Gasteiger partial charge in [0.25, 0.3) is 5.69 Å². The van der Waals surface area contributed by atoms with Crippen LogP contribution in [0.25, 0.3) is 0 Å². The van der Waals surface area contributed by atoms with Crippen LogP contribution in [0, 0.1) is 17.0 Å². The molecule has 142 valence electrons. The van der Waals surface area contributed by atoms with E-state index in [1.54, 1.807) is 6.07 Å². The molecule has 0 heterocycles. The van der Waals surface area contributed by atoms with Crippen molar-refractivity contribution < 1.29 is 14.5 Å². The molecule has 0 radical (unpaired) electrons. The Morgan fingerprint density at radius 3 is 2.11 bits per heavy atom. The lowest BCUT2D eigenvalue weighted by Crippen LogP contribution is -2.29. The van der Waals surface area contributed by atoms with Gasteiger partial charge in [-0.15, -0.1) is 0 Å². The summed E-state index contributed by atoms with van der Waals surface area (Å²) in [5.74, 6) is -1.66. The van der Waals surface area contributed by atoms with E-state index in [1.165, 1.54) is 24.3 Å². The van der Waals surface area contributed by atoms with Gasteiger partial charge in [-0.05, 0) is 56.7 Å². The minimum atomic E-state index is -0.851. The highest BCUT2D eigenvalue weighted by Gasteiger charge is 2.16. The first-order valence-electron chi connectivity index (χ1n) is 8.58. The summed E-state index contributed by atoms with van der Waals surface area (Å²) < 4.78 is 0. The largest absolute Gasteiger partial charge is 0.372 e. The van der Waals surface area contributed by atoms with Crippen molar-refractivity contribution in [1.29, 1.82) is 0 Å². The maximum absolute atomic E-state index is 12.1. The summed E-state index contributed by atoms with van der Waals surface area (Å²) in [6.45, 7) is 7.74. The molecule has 2 amide bonds. The Bertz CT molecular complexity index is 845. The van der Waals surface area contributed by atoms with Crippen molar-refractivity contribution in [3.63, 3.8) is 0 Å². The van der Waals surface area contributed by atoms with Crippen LogP contribution < -0.4 is 15.5 Å². The number of amides is 2. The van der Waals surface area contributed by atoms with Gasteiger partial charge in [-0.3, -0.25) is 19.7 Å². The van der Waals surface area contributed by atoms with E-state index >= 15 is 0 Å². The third-order valence-electron chi connectivity index (χ3n) is 4.13. The monoisotopic (exact) mass is 370 g/mol. The van der Waals surface area contributed by atoms with Crippen LogP contribution >= 0.6 is 0 Å². The fraction of sp³-hybridized carbons (Fsp3) is 0.263. The molecule has 8 heteroatoms. The molecule has 2 N–H and O–H groups in total. The van der Waals surface area contributed by atoms with Gasteiger partial charge in [-0.25, -0.2) is 0 Å². The van der Waals surface area contributed by atoms with Gasteiger partial charge in [-0.2, -0.15) is 0 Å². The second-order valence-electron chi connectivity index (χ2n) is 5.88. The second-order valence-corrected chi connectivity index (χ2v) is 5.88. The Balaban J connectivity index is 2.03. The molecule has 0 bridgehead atoms. The number of aryl methyl sites for hydroxylation is 1. The zero-order valence-electron chi connectivity index (χ0n) is 15.5. The van der Waals surface area contributed by atoms with Gasteiger partial charge in [0.2, 0.25) is 0 Å². The smallest absolute Gasteiger partial charge is 0.314 e. The molecular formula is C19H22N4O4. The van der Waals surface area contributed by atoms with E-state index in [0.717, 1.165) is 24.3 Å². The standard InChI is InChI=1S/C19H22N4O4/c1-4-22(5-2)16-10-11-17(13(3)12-16)21-19(25)18(24)20-14-6-8-15(9-7-14)23(26)27/h6-12H,4-5H2,1-3H3,(H,20,24)(H,21,25). The molecule has 0 atom stereocenters. The Morgan fingerprint density at radius 1 is 1.00 bits per heavy atom. The molecule has 0 aliphatic rings. The minimum absolute atomic E-state index is 0.0960. The summed E-state index contributed by atoms with van der Waals surface area (Å²) >= 11 is 0. The Labute approximate surface area is 157 Å². The lowest BCUT2D eigenvalue weighted by atomic mass is 10.1. The molecule has 8 nitrogen and oxygen atoms in total. The van der Waals surface area contributed by atoms with Crippen LogP contribution in [0.3, 0.4) is 0 Å². The highest BCUT2D eigenvalue weighted by atomic mass is 16.6. The van der Waals surface area contributed by atoms with Crippen molar-refractivity contribution in [1.82, 2.24) is 0 Å². The Hall–Kier alpha value is -3.42. The van der Waals surface area contributed by atoms with Gasteiger partial charge in [0.15, 0.2) is 0 Å². The van der Waals surface area contributed by atoms with E-state index in [1.807, 2.05) is 19.1 Å². The van der Waals surface area contributed by atoms with Gasteiger partial charge < -0.3 is 15.5 Å². The average Bonchev–Trinajstić information content (AvgIpc) is 2.65. The van der Waals surface area contributed by atoms with Gasteiger partial charge >= 0.3 is 11.8 Å². The summed E-state index contributed by atoms with van der Waals surface area (Å²) in [5.41, 5.74) is 2.65. The molecular weight excluding hydrogens is 348 g/mol. The zero-order chi connectivity index (χ0) is 20.0. The summed E-state index contributed by atoms with van der Waals surface area (Å²) in [7, 11) is 0. The number of carbonyl (C=O) groups is 2. The number of anilines is 3. The first-order chi connectivity index (χ1) is 12.8. The SMILES string of the molecule is CCN(CC)c1ccc(NC(=O)C(=O)Nc2ccc([N+](=O)[O-])cc2)c(C)c1. The van der Waals surface area contributed by atoms with Crippen LogP contribution in [-0.2, 0) is 9.59 Å². The second kappa shape index (κ2) is 8.79. The van der Waals surface area contributed by atoms with E-state index in [9.17, 15) is 19.7 Å². The van der Waals surface area contributed by atoms with E-state index in [-0.39, 0.29) is 5.69 Å². The number of carbonyl (C=O) groups excluding carboxylic acids is 2. The van der Waals surface area contributed by atoms with Crippen LogP contribution in [-0.4, -0.2) is 29.8 Å². The van der Waals surface area contributed by atoms with Crippen LogP contribution in [0.5, 0.6) is 0 Å².